The minimum Gasteiger partial charge on any atom is -0.380 e. The quantitative estimate of drug-likeness (QED) is 0.840. The summed E-state index contributed by atoms with van der Waals surface area (Å²) in [5, 5.41) is 7.14. The van der Waals surface area contributed by atoms with Crippen molar-refractivity contribution in [2.75, 3.05) is 26.7 Å². The lowest BCUT2D eigenvalue weighted by atomic mass is 9.75. The standard InChI is InChI=1S/C20H33N3O3/c1-15-7-9-20(10-8-15,23-11-5-4-6-12-23)14-21-19(24)18-17(13-25-3)16(2)26-22-18/h15H,4-14H2,1-3H3,(H,21,24). The molecular formula is C20H33N3O3. The van der Waals surface area contributed by atoms with E-state index in [1.807, 2.05) is 6.92 Å². The molecular weight excluding hydrogens is 330 g/mol. The summed E-state index contributed by atoms with van der Waals surface area (Å²) in [6.45, 7) is 7.50. The third kappa shape index (κ3) is 4.12. The molecule has 146 valence electrons. The molecule has 3 rings (SSSR count). The first-order valence-electron chi connectivity index (χ1n) is 10.0. The number of piperidine rings is 1. The summed E-state index contributed by atoms with van der Waals surface area (Å²) in [6.07, 6.45) is 8.68. The SMILES string of the molecule is COCc1c(C(=O)NCC2(N3CCCCC3)CCC(C)CC2)noc1C. The van der Waals surface area contributed by atoms with Crippen molar-refractivity contribution >= 4 is 5.91 Å². The number of methoxy groups -OCH3 is 1. The summed E-state index contributed by atoms with van der Waals surface area (Å²) < 4.78 is 10.4. The molecule has 1 amide bonds. The number of carbonyl (C=O) groups excluding carboxylic acids is 1. The number of nitrogens with zero attached hydrogens (tertiary/aromatic N) is 2. The van der Waals surface area contributed by atoms with Gasteiger partial charge < -0.3 is 14.6 Å². The highest BCUT2D eigenvalue weighted by Gasteiger charge is 2.40. The van der Waals surface area contributed by atoms with Crippen molar-refractivity contribution in [2.24, 2.45) is 5.92 Å². The molecule has 0 radical (unpaired) electrons. The first kappa shape index (κ1) is 19.4. The van der Waals surface area contributed by atoms with E-state index in [4.69, 9.17) is 9.26 Å². The van der Waals surface area contributed by atoms with Crippen LogP contribution in [-0.4, -0.2) is 48.2 Å². The second-order valence-electron chi connectivity index (χ2n) is 8.14. The molecule has 26 heavy (non-hydrogen) atoms. The van der Waals surface area contributed by atoms with Gasteiger partial charge in [-0.1, -0.05) is 18.5 Å². The average Bonchev–Trinajstić information content (AvgIpc) is 3.03. The number of aromatic nitrogens is 1. The maximum atomic E-state index is 12.8. The van der Waals surface area contributed by atoms with Crippen molar-refractivity contribution in [2.45, 2.75) is 70.9 Å². The van der Waals surface area contributed by atoms with E-state index in [1.54, 1.807) is 7.11 Å². The van der Waals surface area contributed by atoms with Gasteiger partial charge in [-0.25, -0.2) is 0 Å². The molecule has 0 unspecified atom stereocenters. The lowest BCUT2D eigenvalue weighted by Crippen LogP contribution is -2.58. The lowest BCUT2D eigenvalue weighted by Gasteiger charge is -2.49. The van der Waals surface area contributed by atoms with Gasteiger partial charge in [0.15, 0.2) is 5.69 Å². The van der Waals surface area contributed by atoms with Crippen LogP contribution in [0.5, 0.6) is 0 Å². The Labute approximate surface area is 156 Å². The van der Waals surface area contributed by atoms with Crippen molar-refractivity contribution in [3.8, 4) is 0 Å². The highest BCUT2D eigenvalue weighted by molar-refractivity contribution is 5.93. The average molecular weight is 364 g/mol. The largest absolute Gasteiger partial charge is 0.380 e. The van der Waals surface area contributed by atoms with Crippen LogP contribution in [0, 0.1) is 12.8 Å². The first-order valence-corrected chi connectivity index (χ1v) is 10.0. The Morgan fingerprint density at radius 3 is 2.65 bits per heavy atom. The Balaban J connectivity index is 1.70. The van der Waals surface area contributed by atoms with Gasteiger partial charge in [0.2, 0.25) is 0 Å². The molecule has 1 saturated heterocycles. The molecule has 2 aliphatic rings. The van der Waals surface area contributed by atoms with Crippen molar-refractivity contribution in [1.82, 2.24) is 15.4 Å². The fourth-order valence-corrected chi connectivity index (χ4v) is 4.48. The van der Waals surface area contributed by atoms with Gasteiger partial charge in [0.1, 0.15) is 5.76 Å². The number of hydrogen-bond donors (Lipinski definition) is 1. The van der Waals surface area contributed by atoms with Crippen LogP contribution in [0.3, 0.4) is 0 Å². The van der Waals surface area contributed by atoms with Gasteiger partial charge in [-0.3, -0.25) is 9.69 Å². The summed E-state index contributed by atoms with van der Waals surface area (Å²) >= 11 is 0. The van der Waals surface area contributed by atoms with Gasteiger partial charge in [0.05, 0.1) is 12.2 Å². The molecule has 1 aliphatic carbocycles. The second kappa shape index (κ2) is 8.53. The Bertz CT molecular complexity index is 599. The molecule has 2 fully saturated rings. The summed E-state index contributed by atoms with van der Waals surface area (Å²) in [7, 11) is 1.61. The zero-order valence-corrected chi connectivity index (χ0v) is 16.5. The number of carbonyl (C=O) groups is 1. The van der Waals surface area contributed by atoms with Crippen LogP contribution in [0.2, 0.25) is 0 Å². The van der Waals surface area contributed by atoms with Gasteiger partial charge in [-0.05, 0) is 64.5 Å². The zero-order chi connectivity index (χ0) is 18.6. The monoisotopic (exact) mass is 363 g/mol. The molecule has 1 aliphatic heterocycles. The highest BCUT2D eigenvalue weighted by Crippen LogP contribution is 2.37. The van der Waals surface area contributed by atoms with Crippen molar-refractivity contribution in [3.05, 3.63) is 17.0 Å². The molecule has 6 heteroatoms. The van der Waals surface area contributed by atoms with Crippen molar-refractivity contribution in [3.63, 3.8) is 0 Å². The molecule has 6 nitrogen and oxygen atoms in total. The molecule has 0 bridgehead atoms. The number of ether oxygens (including phenoxy) is 1. The van der Waals surface area contributed by atoms with Gasteiger partial charge in [0.25, 0.3) is 5.91 Å². The molecule has 1 saturated carbocycles. The fourth-order valence-electron chi connectivity index (χ4n) is 4.48. The van der Waals surface area contributed by atoms with Gasteiger partial charge in [0, 0.05) is 19.2 Å². The molecule has 0 atom stereocenters. The van der Waals surface area contributed by atoms with Gasteiger partial charge >= 0.3 is 0 Å². The predicted molar refractivity (Wildman–Crippen MR) is 100 cm³/mol. The van der Waals surface area contributed by atoms with E-state index in [0.29, 0.717) is 24.6 Å². The predicted octanol–water partition coefficient (Wildman–Crippen LogP) is 3.29. The molecule has 1 N–H and O–H groups in total. The lowest BCUT2D eigenvalue weighted by molar-refractivity contribution is 0.0228. The van der Waals surface area contributed by atoms with Gasteiger partial charge in [-0.15, -0.1) is 0 Å². The fraction of sp³-hybridized carbons (Fsp3) is 0.800. The third-order valence-corrected chi connectivity index (χ3v) is 6.30. The highest BCUT2D eigenvalue weighted by atomic mass is 16.5. The van der Waals surface area contributed by atoms with E-state index < -0.39 is 0 Å². The smallest absolute Gasteiger partial charge is 0.273 e. The molecule has 1 aromatic heterocycles. The number of rotatable bonds is 6. The molecule has 2 heterocycles. The molecule has 0 spiro atoms. The summed E-state index contributed by atoms with van der Waals surface area (Å²) in [5.74, 6) is 1.29. The Morgan fingerprint density at radius 1 is 1.31 bits per heavy atom. The zero-order valence-electron chi connectivity index (χ0n) is 16.5. The van der Waals surface area contributed by atoms with E-state index >= 15 is 0 Å². The van der Waals surface area contributed by atoms with Crippen LogP contribution in [0.1, 0.15) is 73.7 Å². The number of aryl methyl sites for hydroxylation is 1. The van der Waals surface area contributed by atoms with E-state index in [9.17, 15) is 4.79 Å². The summed E-state index contributed by atoms with van der Waals surface area (Å²) in [4.78, 5) is 15.4. The maximum absolute atomic E-state index is 12.8. The van der Waals surface area contributed by atoms with Crippen molar-refractivity contribution in [1.29, 1.82) is 0 Å². The minimum atomic E-state index is -0.149. The minimum absolute atomic E-state index is 0.1000. The number of hydrogen-bond acceptors (Lipinski definition) is 5. The van der Waals surface area contributed by atoms with Crippen LogP contribution >= 0.6 is 0 Å². The van der Waals surface area contributed by atoms with Gasteiger partial charge in [-0.2, -0.15) is 0 Å². The van der Waals surface area contributed by atoms with E-state index in [0.717, 1.165) is 37.4 Å². The van der Waals surface area contributed by atoms with Crippen LogP contribution in [0.15, 0.2) is 4.52 Å². The molecule has 0 aromatic carbocycles. The first-order chi connectivity index (χ1) is 12.6. The number of likely N-dealkylation sites (tertiary alicyclic amines) is 1. The van der Waals surface area contributed by atoms with E-state index in [-0.39, 0.29) is 11.4 Å². The van der Waals surface area contributed by atoms with Crippen LogP contribution in [0.4, 0.5) is 0 Å². The summed E-state index contributed by atoms with van der Waals surface area (Å²) in [6, 6.07) is 0. The Morgan fingerprint density at radius 2 is 2.00 bits per heavy atom. The summed E-state index contributed by atoms with van der Waals surface area (Å²) in [5.41, 5.74) is 1.21. The number of nitrogens with one attached hydrogen (secondary N) is 1. The Kier molecular flexibility index (Phi) is 6.35. The maximum Gasteiger partial charge on any atom is 0.273 e. The van der Waals surface area contributed by atoms with Crippen molar-refractivity contribution < 1.29 is 14.1 Å². The Hall–Kier alpha value is -1.40. The van der Waals surface area contributed by atoms with E-state index in [2.05, 4.69) is 22.3 Å². The molecule has 1 aromatic rings. The topological polar surface area (TPSA) is 67.6 Å². The number of amides is 1. The van der Waals surface area contributed by atoms with E-state index in [1.165, 1.54) is 32.1 Å². The third-order valence-electron chi connectivity index (χ3n) is 6.30. The van der Waals surface area contributed by atoms with Crippen LogP contribution in [-0.2, 0) is 11.3 Å². The normalized spacial score (nSPS) is 27.4. The van der Waals surface area contributed by atoms with Crippen LogP contribution in [0.25, 0.3) is 0 Å². The second-order valence-corrected chi connectivity index (χ2v) is 8.14. The van der Waals surface area contributed by atoms with Crippen LogP contribution < -0.4 is 5.32 Å².